The quantitative estimate of drug-likeness (QED) is 0.580. The Morgan fingerprint density at radius 3 is 2.57 bits per heavy atom. The van der Waals surface area contributed by atoms with Crippen molar-refractivity contribution in [3.05, 3.63) is 59.5 Å². The fourth-order valence-corrected chi connectivity index (χ4v) is 6.10. The average molecular weight is 470 g/mol. The number of hydrogen-bond acceptors (Lipinski definition) is 5. The van der Waals surface area contributed by atoms with E-state index in [0.717, 1.165) is 37.3 Å². The molecule has 2 aromatic heterocycles. The fraction of sp³-hybridized carbons (Fsp3) is 0.350. The number of anilines is 1. The van der Waals surface area contributed by atoms with Gasteiger partial charge in [-0.15, -0.1) is 19.0 Å². The number of aromatic nitrogens is 3. The van der Waals surface area contributed by atoms with E-state index in [1.807, 2.05) is 24.3 Å². The molecule has 1 unspecified atom stereocenters. The first-order valence-corrected chi connectivity index (χ1v) is 11.4. The van der Waals surface area contributed by atoms with E-state index in [1.54, 1.807) is 20.2 Å². The van der Waals surface area contributed by atoms with Crippen LogP contribution in [0.2, 0.25) is 5.15 Å². The van der Waals surface area contributed by atoms with Gasteiger partial charge in [0, 0.05) is 56.1 Å². The molecule has 3 aromatic rings. The van der Waals surface area contributed by atoms with Gasteiger partial charge in [-0.3, -0.25) is 4.68 Å². The summed E-state index contributed by atoms with van der Waals surface area (Å²) in [5, 5.41) is 7.82. The summed E-state index contributed by atoms with van der Waals surface area (Å²) < 4.78 is 30.0. The van der Waals surface area contributed by atoms with E-state index in [9.17, 15) is 8.42 Å². The van der Waals surface area contributed by atoms with Crippen molar-refractivity contribution < 1.29 is 8.42 Å². The van der Waals surface area contributed by atoms with E-state index in [0.29, 0.717) is 21.9 Å². The molecule has 1 saturated heterocycles. The number of fused-ring (bicyclic) bond motifs is 1. The van der Waals surface area contributed by atoms with Gasteiger partial charge < -0.3 is 10.2 Å². The van der Waals surface area contributed by atoms with Crippen LogP contribution in [0.1, 0.15) is 16.5 Å². The first-order valence-electron chi connectivity index (χ1n) is 9.48. The van der Waals surface area contributed by atoms with E-state index in [1.165, 1.54) is 14.7 Å². The molecule has 0 aliphatic carbocycles. The molecule has 1 fully saturated rings. The monoisotopic (exact) mass is 469 g/mol. The molecule has 0 bridgehead atoms. The summed E-state index contributed by atoms with van der Waals surface area (Å²) in [6, 6.07) is 7.63. The van der Waals surface area contributed by atoms with Gasteiger partial charge in [0.15, 0.2) is 0 Å². The molecule has 1 atom stereocenters. The predicted molar refractivity (Wildman–Crippen MR) is 124 cm³/mol. The minimum atomic E-state index is -3.84. The highest BCUT2D eigenvalue weighted by molar-refractivity contribution is 7.90. The Bertz CT molecular complexity index is 1180. The Kier molecular flexibility index (Phi) is 6.52. The topological polar surface area (TPSA) is 72.2 Å². The molecule has 1 aromatic carbocycles. The highest BCUT2D eigenvalue weighted by Gasteiger charge is 2.33. The second-order valence-corrected chi connectivity index (χ2v) is 9.46. The van der Waals surface area contributed by atoms with Gasteiger partial charge in [0.1, 0.15) is 10.4 Å². The third-order valence-electron chi connectivity index (χ3n) is 5.42. The summed E-state index contributed by atoms with van der Waals surface area (Å²) in [4.78, 5) is 2.28. The average Bonchev–Trinajstić information content (AvgIpc) is 3.26. The van der Waals surface area contributed by atoms with Gasteiger partial charge in [0.25, 0.3) is 0 Å². The van der Waals surface area contributed by atoms with Crippen molar-refractivity contribution >= 4 is 50.6 Å². The second-order valence-electron chi connectivity index (χ2n) is 7.17. The van der Waals surface area contributed by atoms with Gasteiger partial charge in [-0.2, -0.15) is 5.10 Å². The number of aryl methyl sites for hydroxylation is 2. The SMILES string of the molecule is C=CC(c1c(C)nn(C)c1Cl)S(=O)(=O)n1ccc2c(N3CCNCC3)cccc21.Cl. The summed E-state index contributed by atoms with van der Waals surface area (Å²) in [5.41, 5.74) is 2.72. The summed E-state index contributed by atoms with van der Waals surface area (Å²) in [6.07, 6.45) is 3.03. The van der Waals surface area contributed by atoms with Crippen LogP contribution in [-0.4, -0.2) is 48.3 Å². The highest BCUT2D eigenvalue weighted by atomic mass is 35.5. The lowest BCUT2D eigenvalue weighted by atomic mass is 10.2. The first-order chi connectivity index (χ1) is 13.9. The van der Waals surface area contributed by atoms with Crippen LogP contribution in [0.3, 0.4) is 0 Å². The zero-order chi connectivity index (χ0) is 20.8. The Labute approximate surface area is 187 Å². The van der Waals surface area contributed by atoms with E-state index >= 15 is 0 Å². The van der Waals surface area contributed by atoms with Crippen LogP contribution in [0, 0.1) is 6.92 Å². The van der Waals surface area contributed by atoms with Crippen LogP contribution >= 0.6 is 24.0 Å². The number of hydrogen-bond donors (Lipinski definition) is 1. The lowest BCUT2D eigenvalue weighted by Gasteiger charge is -2.30. The predicted octanol–water partition coefficient (Wildman–Crippen LogP) is 3.27. The van der Waals surface area contributed by atoms with Gasteiger partial charge in [0.05, 0.1) is 11.2 Å². The number of piperazine rings is 1. The molecule has 0 saturated carbocycles. The van der Waals surface area contributed by atoms with Crippen molar-refractivity contribution in [1.29, 1.82) is 0 Å². The van der Waals surface area contributed by atoms with Crippen molar-refractivity contribution in [2.24, 2.45) is 7.05 Å². The number of nitrogens with zero attached hydrogens (tertiary/aromatic N) is 4. The molecule has 1 N–H and O–H groups in total. The maximum atomic E-state index is 13.6. The smallest absolute Gasteiger partial charge is 0.249 e. The van der Waals surface area contributed by atoms with Crippen molar-refractivity contribution in [2.75, 3.05) is 31.1 Å². The van der Waals surface area contributed by atoms with Crippen molar-refractivity contribution in [1.82, 2.24) is 19.1 Å². The molecular weight excluding hydrogens is 445 g/mol. The van der Waals surface area contributed by atoms with E-state index in [-0.39, 0.29) is 12.4 Å². The van der Waals surface area contributed by atoms with Crippen molar-refractivity contribution in [2.45, 2.75) is 12.2 Å². The maximum Gasteiger partial charge on any atom is 0.249 e. The van der Waals surface area contributed by atoms with Crippen molar-refractivity contribution in [3.63, 3.8) is 0 Å². The Balaban J connectivity index is 0.00000256. The maximum absolute atomic E-state index is 13.6. The van der Waals surface area contributed by atoms with Gasteiger partial charge in [0.2, 0.25) is 10.0 Å². The Morgan fingerprint density at radius 1 is 1.27 bits per heavy atom. The zero-order valence-electron chi connectivity index (χ0n) is 16.9. The molecule has 7 nitrogen and oxygen atoms in total. The standard InChI is InChI=1S/C20H24ClN5O2S.ClH/c1-4-18(19-14(2)23-24(3)20(19)21)29(27,28)26-11-8-15-16(6-5-7-17(15)26)25-12-9-22-10-13-25;/h4-8,11,18,22H,1,9-10,12-13H2,2-3H3;1H. The number of rotatable bonds is 5. The zero-order valence-corrected chi connectivity index (χ0v) is 19.3. The fourth-order valence-electron chi connectivity index (χ4n) is 4.01. The van der Waals surface area contributed by atoms with Gasteiger partial charge in [-0.25, -0.2) is 12.4 Å². The van der Waals surface area contributed by atoms with E-state index in [2.05, 4.69) is 21.9 Å². The Hall–Kier alpha value is -2.00. The van der Waals surface area contributed by atoms with Gasteiger partial charge in [-0.1, -0.05) is 23.7 Å². The van der Waals surface area contributed by atoms with Gasteiger partial charge >= 0.3 is 0 Å². The molecule has 1 aliphatic rings. The molecule has 10 heteroatoms. The normalized spacial score (nSPS) is 15.8. The molecule has 1 aliphatic heterocycles. The molecule has 0 amide bonds. The molecule has 30 heavy (non-hydrogen) atoms. The third kappa shape index (κ3) is 3.62. The number of halogens is 2. The number of benzene rings is 1. The summed E-state index contributed by atoms with van der Waals surface area (Å²) in [5.74, 6) is 0. The largest absolute Gasteiger partial charge is 0.368 e. The molecule has 162 valence electrons. The van der Waals surface area contributed by atoms with Crippen molar-refractivity contribution in [3.8, 4) is 0 Å². The minimum Gasteiger partial charge on any atom is -0.368 e. The second kappa shape index (κ2) is 8.63. The summed E-state index contributed by atoms with van der Waals surface area (Å²) in [6.45, 7) is 9.12. The van der Waals surface area contributed by atoms with Crippen LogP contribution < -0.4 is 10.2 Å². The van der Waals surface area contributed by atoms with E-state index < -0.39 is 15.3 Å². The first kappa shape index (κ1) is 22.7. The highest BCUT2D eigenvalue weighted by Crippen LogP contribution is 2.36. The summed E-state index contributed by atoms with van der Waals surface area (Å²) >= 11 is 6.37. The molecular formula is C20H25Cl2N5O2S. The van der Waals surface area contributed by atoms with Crippen LogP contribution in [0.5, 0.6) is 0 Å². The molecule has 3 heterocycles. The Morgan fingerprint density at radius 2 is 1.97 bits per heavy atom. The third-order valence-corrected chi connectivity index (χ3v) is 7.81. The number of nitrogens with one attached hydrogen (secondary N) is 1. The summed E-state index contributed by atoms with van der Waals surface area (Å²) in [7, 11) is -2.15. The minimum absolute atomic E-state index is 0. The molecule has 4 rings (SSSR count). The van der Waals surface area contributed by atoms with Crippen LogP contribution in [0.25, 0.3) is 10.9 Å². The molecule has 0 spiro atoms. The van der Waals surface area contributed by atoms with Crippen LogP contribution in [-0.2, 0) is 17.1 Å². The van der Waals surface area contributed by atoms with E-state index in [4.69, 9.17) is 11.6 Å². The van der Waals surface area contributed by atoms with Gasteiger partial charge in [-0.05, 0) is 25.1 Å². The lowest BCUT2D eigenvalue weighted by Crippen LogP contribution is -2.43. The lowest BCUT2D eigenvalue weighted by molar-refractivity contribution is 0.583. The van der Waals surface area contributed by atoms with Crippen LogP contribution in [0.15, 0.2) is 43.1 Å². The van der Waals surface area contributed by atoms with Crippen LogP contribution in [0.4, 0.5) is 5.69 Å². The molecule has 0 radical (unpaired) electrons.